The van der Waals surface area contributed by atoms with E-state index in [1.807, 2.05) is 6.08 Å². The van der Waals surface area contributed by atoms with Crippen molar-refractivity contribution in [2.45, 2.75) is 45.6 Å². The number of carbonyl (C=O) groups is 1. The third kappa shape index (κ3) is 2.02. The Kier molecular flexibility index (Phi) is 3.51. The van der Waals surface area contributed by atoms with E-state index in [1.54, 1.807) is 18.2 Å². The molecule has 0 aromatic carbocycles. The summed E-state index contributed by atoms with van der Waals surface area (Å²) in [5, 5.41) is 12.9. The quantitative estimate of drug-likeness (QED) is 0.623. The molecule has 4 heteroatoms. The Morgan fingerprint density at radius 3 is 2.52 bits per heavy atom. The normalized spacial score (nSPS) is 43.0. The van der Waals surface area contributed by atoms with Gasteiger partial charge in [0.25, 0.3) is 0 Å². The lowest BCUT2D eigenvalue weighted by molar-refractivity contribution is -0.140. The van der Waals surface area contributed by atoms with E-state index in [4.69, 9.17) is 0 Å². The second-order valence-corrected chi connectivity index (χ2v) is 7.95. The molecule has 0 heterocycles. The van der Waals surface area contributed by atoms with Crippen molar-refractivity contribution in [1.29, 1.82) is 0 Å². The van der Waals surface area contributed by atoms with Crippen molar-refractivity contribution in [3.05, 3.63) is 29.2 Å². The Hall–Kier alpha value is -1.89. The van der Waals surface area contributed by atoms with Crippen LogP contribution in [-0.2, 0) is 4.79 Å². The first-order valence-electron chi connectivity index (χ1n) is 8.22. The summed E-state index contributed by atoms with van der Waals surface area (Å²) in [5.74, 6) is 4.77. The van der Waals surface area contributed by atoms with E-state index in [0.717, 1.165) is 19.3 Å². The fourth-order valence-corrected chi connectivity index (χ4v) is 4.99. The van der Waals surface area contributed by atoms with Gasteiger partial charge in [0.15, 0.2) is 5.54 Å². The maximum atomic E-state index is 11.9. The molecule has 3 rings (SSSR count). The summed E-state index contributed by atoms with van der Waals surface area (Å²) in [6, 6.07) is 0. The highest BCUT2D eigenvalue weighted by Gasteiger charge is 2.70. The lowest BCUT2D eigenvalue weighted by Gasteiger charge is -2.45. The van der Waals surface area contributed by atoms with Crippen LogP contribution in [0.25, 0.3) is 0 Å². The molecule has 0 amide bonds. The number of nitroso groups, excluding NO2 is 1. The average molecular weight is 313 g/mol. The van der Waals surface area contributed by atoms with Crippen molar-refractivity contribution in [2.24, 2.45) is 33.8 Å². The molecule has 5 atom stereocenters. The Morgan fingerprint density at radius 2 is 1.96 bits per heavy atom. The van der Waals surface area contributed by atoms with E-state index >= 15 is 0 Å². The zero-order valence-corrected chi connectivity index (χ0v) is 13.9. The fraction of sp³-hybridized carbons (Fsp3) is 0.632. The smallest absolute Gasteiger partial charge is 0.311 e. The van der Waals surface area contributed by atoms with E-state index < -0.39 is 23.3 Å². The minimum atomic E-state index is -0.930. The molecule has 122 valence electrons. The van der Waals surface area contributed by atoms with Crippen LogP contribution in [0.5, 0.6) is 0 Å². The standard InChI is InChI=1S/C19H23NO3/c1-17(2)14-9-10-18(3,12-14)19(17,20-23)11-8-13-6-4-5-7-15(13)16(21)22/h4-7,13-15H,9-10,12H2,1-3H3,(H,21,22). The summed E-state index contributed by atoms with van der Waals surface area (Å²) in [7, 11) is 0. The minimum Gasteiger partial charge on any atom is -0.481 e. The van der Waals surface area contributed by atoms with Crippen LogP contribution in [0, 0.1) is 45.3 Å². The van der Waals surface area contributed by atoms with Gasteiger partial charge in [0, 0.05) is 10.8 Å². The highest BCUT2D eigenvalue weighted by molar-refractivity contribution is 5.74. The Labute approximate surface area is 137 Å². The third-order valence-electron chi connectivity index (χ3n) is 6.54. The van der Waals surface area contributed by atoms with Gasteiger partial charge in [0.1, 0.15) is 0 Å². The summed E-state index contributed by atoms with van der Waals surface area (Å²) < 4.78 is 0. The maximum absolute atomic E-state index is 11.9. The first-order valence-corrected chi connectivity index (χ1v) is 8.22. The first kappa shape index (κ1) is 16.0. The predicted molar refractivity (Wildman–Crippen MR) is 88.4 cm³/mol. The highest BCUT2D eigenvalue weighted by atomic mass is 16.4. The molecule has 4 nitrogen and oxygen atoms in total. The van der Waals surface area contributed by atoms with Crippen LogP contribution < -0.4 is 0 Å². The third-order valence-corrected chi connectivity index (χ3v) is 6.54. The number of carboxylic acid groups (broad SMARTS) is 1. The summed E-state index contributed by atoms with van der Waals surface area (Å²) in [6.45, 7) is 6.29. The molecule has 2 saturated carbocycles. The molecule has 23 heavy (non-hydrogen) atoms. The lowest BCUT2D eigenvalue weighted by atomic mass is 9.58. The van der Waals surface area contributed by atoms with Crippen molar-refractivity contribution in [1.82, 2.24) is 0 Å². The van der Waals surface area contributed by atoms with Crippen molar-refractivity contribution >= 4 is 5.97 Å². The molecule has 0 saturated heterocycles. The lowest BCUT2D eigenvalue weighted by Crippen LogP contribution is -2.51. The van der Waals surface area contributed by atoms with E-state index in [9.17, 15) is 14.8 Å². The van der Waals surface area contributed by atoms with Crippen molar-refractivity contribution in [3.8, 4) is 11.8 Å². The number of fused-ring (bicyclic) bond motifs is 2. The van der Waals surface area contributed by atoms with Gasteiger partial charge >= 0.3 is 5.97 Å². The molecule has 0 aromatic heterocycles. The van der Waals surface area contributed by atoms with Gasteiger partial charge in [-0.3, -0.25) is 4.79 Å². The van der Waals surface area contributed by atoms with Gasteiger partial charge in [-0.25, -0.2) is 0 Å². The molecule has 2 fully saturated rings. The van der Waals surface area contributed by atoms with Gasteiger partial charge in [-0.2, -0.15) is 0 Å². The molecule has 0 radical (unpaired) electrons. The van der Waals surface area contributed by atoms with Crippen molar-refractivity contribution in [2.75, 3.05) is 0 Å². The van der Waals surface area contributed by atoms with Crippen LogP contribution in [0.15, 0.2) is 29.5 Å². The number of rotatable bonds is 2. The second kappa shape index (κ2) is 5.06. The number of aliphatic carboxylic acids is 1. The van der Waals surface area contributed by atoms with Gasteiger partial charge in [-0.05, 0) is 30.4 Å². The zero-order valence-electron chi connectivity index (χ0n) is 13.9. The van der Waals surface area contributed by atoms with Crippen LogP contribution in [0.1, 0.15) is 40.0 Å². The van der Waals surface area contributed by atoms with Gasteiger partial charge < -0.3 is 5.11 Å². The van der Waals surface area contributed by atoms with Gasteiger partial charge in [0.05, 0.1) is 11.8 Å². The van der Waals surface area contributed by atoms with Crippen LogP contribution >= 0.6 is 0 Å². The summed E-state index contributed by atoms with van der Waals surface area (Å²) in [6.07, 6.45) is 10.0. The number of hydrogen-bond donors (Lipinski definition) is 1. The van der Waals surface area contributed by atoms with Gasteiger partial charge in [-0.15, -0.1) is 4.91 Å². The molecule has 1 N–H and O–H groups in total. The van der Waals surface area contributed by atoms with E-state index in [1.165, 1.54) is 0 Å². The second-order valence-electron chi connectivity index (χ2n) is 7.95. The summed E-state index contributed by atoms with van der Waals surface area (Å²) >= 11 is 0. The van der Waals surface area contributed by atoms with Gasteiger partial charge in [-0.1, -0.05) is 56.9 Å². The number of carboxylic acids is 1. The highest BCUT2D eigenvalue weighted by Crippen LogP contribution is 2.69. The maximum Gasteiger partial charge on any atom is 0.311 e. The molecule has 0 spiro atoms. The Balaban J connectivity index is 2.01. The summed E-state index contributed by atoms with van der Waals surface area (Å²) in [5.41, 5.74) is -1.41. The zero-order chi connectivity index (χ0) is 16.9. The van der Waals surface area contributed by atoms with Crippen LogP contribution in [-0.4, -0.2) is 16.6 Å². The fourth-order valence-electron chi connectivity index (χ4n) is 4.99. The van der Waals surface area contributed by atoms with E-state index in [-0.39, 0.29) is 10.8 Å². The largest absolute Gasteiger partial charge is 0.481 e. The summed E-state index contributed by atoms with van der Waals surface area (Å²) in [4.78, 5) is 23.3. The van der Waals surface area contributed by atoms with Crippen LogP contribution in [0.3, 0.4) is 0 Å². The van der Waals surface area contributed by atoms with Gasteiger partial charge in [0.2, 0.25) is 0 Å². The van der Waals surface area contributed by atoms with Crippen LogP contribution in [0.4, 0.5) is 0 Å². The number of allylic oxidation sites excluding steroid dienone is 3. The molecular weight excluding hydrogens is 290 g/mol. The molecule has 5 unspecified atom stereocenters. The van der Waals surface area contributed by atoms with E-state index in [2.05, 4.69) is 37.8 Å². The Morgan fingerprint density at radius 1 is 1.26 bits per heavy atom. The average Bonchev–Trinajstić information content (AvgIpc) is 2.98. The Bertz CT molecular complexity index is 659. The minimum absolute atomic E-state index is 0.205. The molecule has 2 bridgehead atoms. The van der Waals surface area contributed by atoms with E-state index in [0.29, 0.717) is 5.92 Å². The molecular formula is C19H23NO3. The molecule has 3 aliphatic carbocycles. The molecule has 0 aliphatic heterocycles. The SMILES string of the molecule is CC12CCC(C1)C(C)(C)C2(C#CC1C=CC=CC1C(=O)O)N=O. The molecule has 3 aliphatic rings. The topological polar surface area (TPSA) is 66.7 Å². The van der Waals surface area contributed by atoms with Crippen LogP contribution in [0.2, 0.25) is 0 Å². The first-order chi connectivity index (χ1) is 10.8. The van der Waals surface area contributed by atoms with Crippen molar-refractivity contribution in [3.63, 3.8) is 0 Å². The number of nitrogens with zero attached hydrogens (tertiary/aromatic N) is 1. The number of hydrogen-bond acceptors (Lipinski definition) is 3. The molecule has 0 aromatic rings. The monoisotopic (exact) mass is 313 g/mol. The predicted octanol–water partition coefficient (Wildman–Crippen LogP) is 3.78. The van der Waals surface area contributed by atoms with Crippen molar-refractivity contribution < 1.29 is 9.90 Å².